The van der Waals surface area contributed by atoms with Crippen LogP contribution in [0.15, 0.2) is 67.8 Å². The van der Waals surface area contributed by atoms with Gasteiger partial charge >= 0.3 is 0 Å². The summed E-state index contributed by atoms with van der Waals surface area (Å²) in [5, 5.41) is 13.1. The summed E-state index contributed by atoms with van der Waals surface area (Å²) in [6.45, 7) is 7.48. The fourth-order valence-electron chi connectivity index (χ4n) is 2.41. The van der Waals surface area contributed by atoms with E-state index in [0.717, 1.165) is 16.3 Å². The maximum Gasteiger partial charge on any atom is 0.0970 e. The van der Waals surface area contributed by atoms with Crippen LogP contribution in [0, 0.1) is 0 Å². The molecule has 2 rings (SSSR count). The molecule has 1 heteroatoms. The van der Waals surface area contributed by atoms with Gasteiger partial charge in [0.15, 0.2) is 0 Å². The van der Waals surface area contributed by atoms with Crippen LogP contribution in [-0.2, 0) is 5.60 Å². The lowest BCUT2D eigenvalue weighted by molar-refractivity contribution is 0.0445. The van der Waals surface area contributed by atoms with Crippen molar-refractivity contribution in [2.75, 3.05) is 0 Å². The molecule has 0 aliphatic heterocycles. The van der Waals surface area contributed by atoms with Gasteiger partial charge in [-0.15, -0.1) is 13.2 Å². The Bertz CT molecular complexity index is 553. The standard InChI is InChI=1S/C17H18O/c1-3-12-17(18,13-4-2)16-11-7-9-14-8-5-6-10-15(14)16/h3-11,18H,1-2,12-13H2. The summed E-state index contributed by atoms with van der Waals surface area (Å²) >= 11 is 0. The molecule has 92 valence electrons. The van der Waals surface area contributed by atoms with Crippen LogP contribution >= 0.6 is 0 Å². The van der Waals surface area contributed by atoms with Gasteiger partial charge in [0.1, 0.15) is 0 Å². The van der Waals surface area contributed by atoms with Gasteiger partial charge in [-0.1, -0.05) is 54.6 Å². The first-order chi connectivity index (χ1) is 8.71. The fourth-order valence-corrected chi connectivity index (χ4v) is 2.41. The number of hydrogen-bond acceptors (Lipinski definition) is 1. The van der Waals surface area contributed by atoms with Crippen molar-refractivity contribution in [2.45, 2.75) is 18.4 Å². The normalized spacial score (nSPS) is 11.4. The van der Waals surface area contributed by atoms with E-state index in [1.165, 1.54) is 0 Å². The van der Waals surface area contributed by atoms with Crippen molar-refractivity contribution < 1.29 is 5.11 Å². The zero-order valence-corrected chi connectivity index (χ0v) is 10.5. The second-order valence-corrected chi connectivity index (χ2v) is 4.54. The smallest absolute Gasteiger partial charge is 0.0970 e. The van der Waals surface area contributed by atoms with Crippen LogP contribution in [0.1, 0.15) is 18.4 Å². The van der Waals surface area contributed by atoms with Gasteiger partial charge in [0.05, 0.1) is 5.60 Å². The summed E-state index contributed by atoms with van der Waals surface area (Å²) in [7, 11) is 0. The zero-order valence-electron chi connectivity index (χ0n) is 10.5. The van der Waals surface area contributed by atoms with E-state index in [0.29, 0.717) is 12.8 Å². The molecule has 0 saturated carbocycles. The minimum absolute atomic E-state index is 0.521. The minimum Gasteiger partial charge on any atom is -0.384 e. The van der Waals surface area contributed by atoms with Crippen molar-refractivity contribution in [3.63, 3.8) is 0 Å². The van der Waals surface area contributed by atoms with Crippen LogP contribution in [0.5, 0.6) is 0 Å². The SMILES string of the molecule is C=CCC(O)(CC=C)c1cccc2ccccc12. The van der Waals surface area contributed by atoms with E-state index < -0.39 is 5.60 Å². The Labute approximate surface area is 108 Å². The van der Waals surface area contributed by atoms with Crippen molar-refractivity contribution in [3.05, 3.63) is 73.3 Å². The summed E-state index contributed by atoms with van der Waals surface area (Å²) in [4.78, 5) is 0. The Morgan fingerprint density at radius 1 is 0.944 bits per heavy atom. The molecule has 2 aromatic carbocycles. The van der Waals surface area contributed by atoms with Gasteiger partial charge in [-0.05, 0) is 29.2 Å². The van der Waals surface area contributed by atoms with Gasteiger partial charge in [-0.25, -0.2) is 0 Å². The molecule has 1 nitrogen and oxygen atoms in total. The van der Waals surface area contributed by atoms with Crippen molar-refractivity contribution in [1.82, 2.24) is 0 Å². The predicted molar refractivity (Wildman–Crippen MR) is 77.5 cm³/mol. The average Bonchev–Trinajstić information content (AvgIpc) is 2.38. The van der Waals surface area contributed by atoms with Crippen LogP contribution in [0.3, 0.4) is 0 Å². The highest BCUT2D eigenvalue weighted by Gasteiger charge is 2.27. The third kappa shape index (κ3) is 2.22. The Kier molecular flexibility index (Phi) is 3.63. The van der Waals surface area contributed by atoms with Crippen molar-refractivity contribution in [1.29, 1.82) is 0 Å². The molecule has 0 radical (unpaired) electrons. The van der Waals surface area contributed by atoms with Crippen molar-refractivity contribution >= 4 is 10.8 Å². The van der Waals surface area contributed by atoms with Crippen LogP contribution in [0.2, 0.25) is 0 Å². The van der Waals surface area contributed by atoms with E-state index in [2.05, 4.69) is 25.3 Å². The maximum absolute atomic E-state index is 10.8. The molecule has 0 heterocycles. The zero-order chi connectivity index (χ0) is 13.0. The van der Waals surface area contributed by atoms with Crippen molar-refractivity contribution in [3.8, 4) is 0 Å². The van der Waals surface area contributed by atoms with Gasteiger partial charge in [-0.2, -0.15) is 0 Å². The second kappa shape index (κ2) is 5.19. The number of aliphatic hydroxyl groups is 1. The average molecular weight is 238 g/mol. The second-order valence-electron chi connectivity index (χ2n) is 4.54. The van der Waals surface area contributed by atoms with Crippen LogP contribution in [0.4, 0.5) is 0 Å². The fraction of sp³-hybridized carbons (Fsp3) is 0.176. The molecule has 0 fully saturated rings. The summed E-state index contributed by atoms with van der Waals surface area (Å²) in [6, 6.07) is 14.1. The van der Waals surface area contributed by atoms with E-state index in [1.54, 1.807) is 12.2 Å². The first-order valence-corrected chi connectivity index (χ1v) is 6.14. The van der Waals surface area contributed by atoms with Gasteiger partial charge in [0.2, 0.25) is 0 Å². The summed E-state index contributed by atoms with van der Waals surface area (Å²) in [5.41, 5.74) is 0.0325. The summed E-state index contributed by atoms with van der Waals surface area (Å²) in [5.74, 6) is 0. The molecular formula is C17H18O. The number of fused-ring (bicyclic) bond motifs is 1. The van der Waals surface area contributed by atoms with Crippen LogP contribution < -0.4 is 0 Å². The summed E-state index contributed by atoms with van der Waals surface area (Å²) in [6.07, 6.45) is 4.55. The highest BCUT2D eigenvalue weighted by molar-refractivity contribution is 5.86. The molecule has 2 aromatic rings. The Balaban J connectivity index is 2.63. The molecule has 0 unspecified atom stereocenters. The number of rotatable bonds is 5. The van der Waals surface area contributed by atoms with E-state index in [1.807, 2.05) is 30.3 Å². The first-order valence-electron chi connectivity index (χ1n) is 6.14. The van der Waals surface area contributed by atoms with Gasteiger partial charge in [0, 0.05) is 0 Å². The molecule has 0 aliphatic rings. The van der Waals surface area contributed by atoms with E-state index in [4.69, 9.17) is 0 Å². The quantitative estimate of drug-likeness (QED) is 0.775. The van der Waals surface area contributed by atoms with E-state index in [-0.39, 0.29) is 0 Å². The molecule has 0 saturated heterocycles. The molecule has 0 amide bonds. The number of benzene rings is 2. The topological polar surface area (TPSA) is 20.2 Å². The monoisotopic (exact) mass is 238 g/mol. The maximum atomic E-state index is 10.8. The van der Waals surface area contributed by atoms with Gasteiger partial charge in [0.25, 0.3) is 0 Å². The molecule has 0 aliphatic carbocycles. The Morgan fingerprint density at radius 3 is 2.22 bits per heavy atom. The molecule has 18 heavy (non-hydrogen) atoms. The highest BCUT2D eigenvalue weighted by Crippen LogP contribution is 2.34. The number of hydrogen-bond donors (Lipinski definition) is 1. The van der Waals surface area contributed by atoms with Gasteiger partial charge < -0.3 is 5.11 Å². The Hall–Kier alpha value is -1.86. The summed E-state index contributed by atoms with van der Waals surface area (Å²) < 4.78 is 0. The molecule has 0 aromatic heterocycles. The highest BCUT2D eigenvalue weighted by atomic mass is 16.3. The largest absolute Gasteiger partial charge is 0.384 e. The predicted octanol–water partition coefficient (Wildman–Crippen LogP) is 4.18. The first kappa shape index (κ1) is 12.6. The Morgan fingerprint density at radius 2 is 1.56 bits per heavy atom. The molecule has 0 bridgehead atoms. The molecular weight excluding hydrogens is 220 g/mol. The molecule has 0 spiro atoms. The third-order valence-corrected chi connectivity index (χ3v) is 3.26. The van der Waals surface area contributed by atoms with E-state index in [9.17, 15) is 5.11 Å². The molecule has 0 atom stereocenters. The van der Waals surface area contributed by atoms with Crippen molar-refractivity contribution in [2.24, 2.45) is 0 Å². The van der Waals surface area contributed by atoms with Crippen LogP contribution in [0.25, 0.3) is 10.8 Å². The molecule has 1 N–H and O–H groups in total. The van der Waals surface area contributed by atoms with E-state index >= 15 is 0 Å². The lowest BCUT2D eigenvalue weighted by atomic mass is 9.84. The lowest BCUT2D eigenvalue weighted by Gasteiger charge is -2.27. The van der Waals surface area contributed by atoms with Crippen LogP contribution in [-0.4, -0.2) is 5.11 Å². The third-order valence-electron chi connectivity index (χ3n) is 3.26. The lowest BCUT2D eigenvalue weighted by Crippen LogP contribution is -2.24. The van der Waals surface area contributed by atoms with Gasteiger partial charge in [-0.3, -0.25) is 0 Å². The minimum atomic E-state index is -0.912.